The van der Waals surface area contributed by atoms with E-state index in [1.165, 1.54) is 28.4 Å². The Morgan fingerprint density at radius 3 is 2.35 bits per heavy atom. The molecule has 0 aliphatic heterocycles. The lowest BCUT2D eigenvalue weighted by molar-refractivity contribution is 0.102. The van der Waals surface area contributed by atoms with Crippen LogP contribution in [0.3, 0.4) is 0 Å². The first-order valence-corrected chi connectivity index (χ1v) is 12.1. The molecular weight excluding hydrogens is 469 g/mol. The molecule has 1 atom stereocenters. The normalized spacial score (nSPS) is 11.9. The molecule has 4 aromatic rings. The first-order valence-electron chi connectivity index (χ1n) is 12.1. The zero-order valence-corrected chi connectivity index (χ0v) is 21.1. The molecule has 3 aromatic carbocycles. The summed E-state index contributed by atoms with van der Waals surface area (Å²) in [4.78, 5) is 27.6. The summed E-state index contributed by atoms with van der Waals surface area (Å²) in [5, 5.41) is 7.38. The summed E-state index contributed by atoms with van der Waals surface area (Å²) in [6, 6.07) is 21.9. The molecule has 0 radical (unpaired) electrons. The van der Waals surface area contributed by atoms with Crippen molar-refractivity contribution in [2.24, 2.45) is 0 Å². The van der Waals surface area contributed by atoms with E-state index in [0.717, 1.165) is 23.7 Å². The zero-order valence-electron chi connectivity index (χ0n) is 21.1. The molecule has 4 rings (SSSR count). The van der Waals surface area contributed by atoms with Crippen molar-refractivity contribution in [1.82, 2.24) is 14.7 Å². The second-order valence-corrected chi connectivity index (χ2v) is 9.17. The number of hydrogen-bond acceptors (Lipinski definition) is 5. The predicted molar refractivity (Wildman–Crippen MR) is 145 cm³/mol. The molecule has 0 aliphatic rings. The average molecular weight is 500 g/mol. The van der Waals surface area contributed by atoms with Crippen LogP contribution >= 0.6 is 0 Å². The minimum Gasteiger partial charge on any atom is -0.397 e. The topological polar surface area (TPSA) is 93.2 Å². The monoisotopic (exact) mass is 499 g/mol. The standard InChI is InChI=1S/C29H30FN5O2/c1-4-27(21-9-11-22(12-10-21)29(37)32-26-14-13-23(30)17-24(26)31)35-28(36)16-15-25(33-35)20-7-5-19(6-8-20)18-34(2)3/h5-17,27H,4,18,31H2,1-3H3,(H,32,37). The van der Waals surface area contributed by atoms with Gasteiger partial charge in [0.05, 0.1) is 23.1 Å². The number of rotatable bonds is 8. The molecule has 0 saturated heterocycles. The smallest absolute Gasteiger partial charge is 0.267 e. The van der Waals surface area contributed by atoms with Gasteiger partial charge in [0, 0.05) is 23.7 Å². The van der Waals surface area contributed by atoms with Crippen LogP contribution in [0.1, 0.15) is 40.9 Å². The van der Waals surface area contributed by atoms with Gasteiger partial charge < -0.3 is 16.0 Å². The molecule has 37 heavy (non-hydrogen) atoms. The van der Waals surface area contributed by atoms with Crippen LogP contribution < -0.4 is 16.6 Å². The number of carbonyl (C=O) groups excluding carboxylic acids is 1. The highest BCUT2D eigenvalue weighted by Crippen LogP contribution is 2.24. The number of carbonyl (C=O) groups is 1. The van der Waals surface area contributed by atoms with Crippen molar-refractivity contribution in [3.8, 4) is 11.3 Å². The highest BCUT2D eigenvalue weighted by molar-refractivity contribution is 6.05. The number of nitrogens with zero attached hydrogens (tertiary/aromatic N) is 3. The lowest BCUT2D eigenvalue weighted by Gasteiger charge is -2.19. The molecule has 0 aliphatic carbocycles. The summed E-state index contributed by atoms with van der Waals surface area (Å²) in [6.45, 7) is 2.83. The van der Waals surface area contributed by atoms with E-state index >= 15 is 0 Å². The van der Waals surface area contributed by atoms with Gasteiger partial charge in [-0.3, -0.25) is 9.59 Å². The fourth-order valence-corrected chi connectivity index (χ4v) is 4.20. The molecule has 7 nitrogen and oxygen atoms in total. The van der Waals surface area contributed by atoms with E-state index in [2.05, 4.69) is 27.4 Å². The summed E-state index contributed by atoms with van der Waals surface area (Å²) in [6.07, 6.45) is 0.635. The molecule has 1 amide bonds. The average Bonchev–Trinajstić information content (AvgIpc) is 2.88. The maximum Gasteiger partial charge on any atom is 0.267 e. The van der Waals surface area contributed by atoms with Gasteiger partial charge in [0.25, 0.3) is 11.5 Å². The van der Waals surface area contributed by atoms with Crippen molar-refractivity contribution in [1.29, 1.82) is 0 Å². The summed E-state index contributed by atoms with van der Waals surface area (Å²) in [5.41, 5.74) is 10.2. The van der Waals surface area contributed by atoms with Crippen LogP contribution in [-0.2, 0) is 6.54 Å². The Bertz CT molecular complexity index is 1450. The Balaban J connectivity index is 1.56. The first-order chi connectivity index (χ1) is 17.7. The highest BCUT2D eigenvalue weighted by Gasteiger charge is 2.17. The SMILES string of the molecule is CCC(c1ccc(C(=O)Nc2ccc(F)cc2N)cc1)n1nc(-c2ccc(CN(C)C)cc2)ccc1=O. The minimum absolute atomic E-state index is 0.147. The number of anilines is 2. The quantitative estimate of drug-likeness (QED) is 0.335. The van der Waals surface area contributed by atoms with Crippen molar-refractivity contribution >= 4 is 17.3 Å². The van der Waals surface area contributed by atoms with Gasteiger partial charge in [-0.2, -0.15) is 5.10 Å². The van der Waals surface area contributed by atoms with E-state index < -0.39 is 5.82 Å². The Morgan fingerprint density at radius 1 is 1.03 bits per heavy atom. The van der Waals surface area contributed by atoms with Gasteiger partial charge in [0.15, 0.2) is 0 Å². The maximum absolute atomic E-state index is 13.3. The maximum atomic E-state index is 13.3. The number of benzene rings is 3. The molecular formula is C29H30FN5O2. The van der Waals surface area contributed by atoms with Gasteiger partial charge in [0.1, 0.15) is 5.82 Å². The summed E-state index contributed by atoms with van der Waals surface area (Å²) < 4.78 is 14.8. The largest absolute Gasteiger partial charge is 0.397 e. The van der Waals surface area contributed by atoms with E-state index in [0.29, 0.717) is 23.4 Å². The summed E-state index contributed by atoms with van der Waals surface area (Å²) in [5.74, 6) is -0.840. The van der Waals surface area contributed by atoms with Crippen LogP contribution in [0.15, 0.2) is 83.7 Å². The number of nitrogen functional groups attached to an aromatic ring is 1. The predicted octanol–water partition coefficient (Wildman–Crippen LogP) is 4.94. The fraction of sp³-hybridized carbons (Fsp3) is 0.207. The molecule has 1 unspecified atom stereocenters. The van der Waals surface area contributed by atoms with Crippen molar-refractivity contribution in [2.45, 2.75) is 25.9 Å². The van der Waals surface area contributed by atoms with E-state index in [1.54, 1.807) is 18.2 Å². The fourth-order valence-electron chi connectivity index (χ4n) is 4.20. The third kappa shape index (κ3) is 6.10. The van der Waals surface area contributed by atoms with Crippen LogP contribution in [0.25, 0.3) is 11.3 Å². The van der Waals surface area contributed by atoms with Crippen molar-refractivity contribution < 1.29 is 9.18 Å². The molecule has 190 valence electrons. The Morgan fingerprint density at radius 2 is 1.73 bits per heavy atom. The van der Waals surface area contributed by atoms with Crippen molar-refractivity contribution in [3.05, 3.63) is 112 Å². The molecule has 0 saturated carbocycles. The summed E-state index contributed by atoms with van der Waals surface area (Å²) in [7, 11) is 4.05. The van der Waals surface area contributed by atoms with Gasteiger partial charge in [-0.25, -0.2) is 9.07 Å². The number of hydrogen-bond donors (Lipinski definition) is 2. The van der Waals surface area contributed by atoms with Gasteiger partial charge in [-0.15, -0.1) is 0 Å². The molecule has 1 heterocycles. The molecule has 3 N–H and O–H groups in total. The molecule has 1 aromatic heterocycles. The number of aromatic nitrogens is 2. The van der Waals surface area contributed by atoms with E-state index in [9.17, 15) is 14.0 Å². The number of amides is 1. The highest BCUT2D eigenvalue weighted by atomic mass is 19.1. The second-order valence-electron chi connectivity index (χ2n) is 9.17. The van der Waals surface area contributed by atoms with E-state index in [-0.39, 0.29) is 23.2 Å². The number of halogens is 1. The van der Waals surface area contributed by atoms with Crippen molar-refractivity contribution in [3.63, 3.8) is 0 Å². The minimum atomic E-state index is -0.472. The number of nitrogens with one attached hydrogen (secondary N) is 1. The van der Waals surface area contributed by atoms with Gasteiger partial charge in [-0.05, 0) is 68.0 Å². The van der Waals surface area contributed by atoms with Crippen LogP contribution in [0.2, 0.25) is 0 Å². The van der Waals surface area contributed by atoms with Crippen LogP contribution in [0, 0.1) is 5.82 Å². The zero-order chi connectivity index (χ0) is 26.5. The Hall–Kier alpha value is -4.30. The molecule has 0 bridgehead atoms. The Kier molecular flexibility index (Phi) is 7.79. The lowest BCUT2D eigenvalue weighted by atomic mass is 10.0. The lowest BCUT2D eigenvalue weighted by Crippen LogP contribution is -2.27. The molecule has 0 fully saturated rings. The van der Waals surface area contributed by atoms with Gasteiger partial charge in [-0.1, -0.05) is 43.3 Å². The number of nitrogens with two attached hydrogens (primary N) is 1. The van der Waals surface area contributed by atoms with Crippen LogP contribution in [0.5, 0.6) is 0 Å². The third-order valence-electron chi connectivity index (χ3n) is 6.07. The summed E-state index contributed by atoms with van der Waals surface area (Å²) >= 11 is 0. The van der Waals surface area contributed by atoms with E-state index in [1.807, 2.05) is 45.3 Å². The first kappa shape index (κ1) is 25.8. The van der Waals surface area contributed by atoms with Gasteiger partial charge >= 0.3 is 0 Å². The molecule has 8 heteroatoms. The van der Waals surface area contributed by atoms with Crippen LogP contribution in [-0.4, -0.2) is 34.7 Å². The van der Waals surface area contributed by atoms with E-state index in [4.69, 9.17) is 5.73 Å². The third-order valence-corrected chi connectivity index (χ3v) is 6.07. The van der Waals surface area contributed by atoms with Crippen molar-refractivity contribution in [2.75, 3.05) is 25.1 Å². The van der Waals surface area contributed by atoms with Crippen LogP contribution in [0.4, 0.5) is 15.8 Å². The molecule has 0 spiro atoms. The van der Waals surface area contributed by atoms with Gasteiger partial charge in [0.2, 0.25) is 0 Å². The second kappa shape index (κ2) is 11.2. The Labute approximate surface area is 215 Å².